The molecular formula is C22H32N4O4. The van der Waals surface area contributed by atoms with Crippen LogP contribution in [0.5, 0.6) is 5.88 Å². The molecule has 2 heterocycles. The first-order valence-corrected chi connectivity index (χ1v) is 10.7. The molecule has 4 amide bonds. The van der Waals surface area contributed by atoms with Gasteiger partial charge in [-0.15, -0.1) is 0 Å². The van der Waals surface area contributed by atoms with Gasteiger partial charge in [-0.25, -0.2) is 9.78 Å². The zero-order valence-corrected chi connectivity index (χ0v) is 18.3. The van der Waals surface area contributed by atoms with E-state index in [-0.39, 0.29) is 17.9 Å². The molecule has 3 rings (SSSR count). The van der Waals surface area contributed by atoms with Crippen LogP contribution in [0.15, 0.2) is 18.3 Å². The maximum Gasteiger partial charge on any atom is 0.325 e. The number of carbonyl (C=O) groups is 3. The second kappa shape index (κ2) is 8.62. The van der Waals surface area contributed by atoms with Crippen LogP contribution in [0.4, 0.5) is 10.5 Å². The van der Waals surface area contributed by atoms with Crippen LogP contribution in [0.2, 0.25) is 0 Å². The molecule has 2 fully saturated rings. The van der Waals surface area contributed by atoms with Gasteiger partial charge >= 0.3 is 6.03 Å². The van der Waals surface area contributed by atoms with Gasteiger partial charge < -0.3 is 15.4 Å². The Balaban J connectivity index is 1.64. The molecule has 2 aliphatic rings. The van der Waals surface area contributed by atoms with Crippen LogP contribution in [-0.4, -0.2) is 46.4 Å². The van der Waals surface area contributed by atoms with Crippen LogP contribution in [0.1, 0.15) is 59.8 Å². The third kappa shape index (κ3) is 4.27. The van der Waals surface area contributed by atoms with E-state index in [1.165, 1.54) is 0 Å². The molecule has 1 spiro atoms. The van der Waals surface area contributed by atoms with Crippen molar-refractivity contribution in [2.75, 3.05) is 18.5 Å². The van der Waals surface area contributed by atoms with Crippen LogP contribution in [0, 0.1) is 11.3 Å². The summed E-state index contributed by atoms with van der Waals surface area (Å²) in [6.07, 6.45) is 5.65. The summed E-state index contributed by atoms with van der Waals surface area (Å²) in [6, 6.07) is 2.84. The van der Waals surface area contributed by atoms with Crippen molar-refractivity contribution in [2.24, 2.45) is 11.3 Å². The number of nitrogens with zero attached hydrogens (tertiary/aromatic N) is 2. The van der Waals surface area contributed by atoms with E-state index in [1.54, 1.807) is 18.3 Å². The second-order valence-electron chi connectivity index (χ2n) is 8.86. The molecule has 1 aliphatic heterocycles. The van der Waals surface area contributed by atoms with Crippen molar-refractivity contribution in [1.82, 2.24) is 15.2 Å². The topological polar surface area (TPSA) is 101 Å². The Hall–Kier alpha value is -2.64. The zero-order chi connectivity index (χ0) is 21.9. The number of ether oxygens (including phenoxy) is 1. The van der Waals surface area contributed by atoms with E-state index in [9.17, 15) is 14.4 Å². The van der Waals surface area contributed by atoms with Crippen molar-refractivity contribution in [2.45, 2.75) is 65.3 Å². The molecule has 1 aromatic heterocycles. The number of urea groups is 1. The van der Waals surface area contributed by atoms with Crippen LogP contribution in [-0.2, 0) is 9.59 Å². The molecule has 0 bridgehead atoms. The summed E-state index contributed by atoms with van der Waals surface area (Å²) in [5.41, 5.74) is -0.245. The summed E-state index contributed by atoms with van der Waals surface area (Å²) >= 11 is 0. The van der Waals surface area contributed by atoms with Gasteiger partial charge in [0.2, 0.25) is 11.8 Å². The SMILES string of the molecule is CCOc1ncccc1NC(=O)CN1C(=O)NC2(CCC(C(C)(C)CC)CC2)C1=O. The van der Waals surface area contributed by atoms with E-state index in [4.69, 9.17) is 4.74 Å². The quantitative estimate of drug-likeness (QED) is 0.664. The Morgan fingerprint density at radius 2 is 2.03 bits per heavy atom. The number of hydrogen-bond donors (Lipinski definition) is 2. The molecule has 8 nitrogen and oxygen atoms in total. The molecular weight excluding hydrogens is 384 g/mol. The minimum atomic E-state index is -0.873. The third-order valence-corrected chi connectivity index (χ3v) is 6.73. The first kappa shape index (κ1) is 22.1. The fourth-order valence-electron chi connectivity index (χ4n) is 4.41. The number of hydrogen-bond acceptors (Lipinski definition) is 5. The fraction of sp³-hybridized carbons (Fsp3) is 0.636. The van der Waals surface area contributed by atoms with E-state index in [1.807, 2.05) is 6.92 Å². The molecule has 8 heteroatoms. The van der Waals surface area contributed by atoms with Crippen molar-refractivity contribution in [3.05, 3.63) is 18.3 Å². The fourth-order valence-corrected chi connectivity index (χ4v) is 4.41. The van der Waals surface area contributed by atoms with Crippen molar-refractivity contribution < 1.29 is 19.1 Å². The molecule has 30 heavy (non-hydrogen) atoms. The minimum Gasteiger partial charge on any atom is -0.476 e. The Morgan fingerprint density at radius 3 is 2.67 bits per heavy atom. The minimum absolute atomic E-state index is 0.217. The van der Waals surface area contributed by atoms with Crippen LogP contribution in [0.25, 0.3) is 0 Å². The highest BCUT2D eigenvalue weighted by Crippen LogP contribution is 2.45. The highest BCUT2D eigenvalue weighted by Gasteiger charge is 2.53. The maximum atomic E-state index is 13.1. The molecule has 2 N–H and O–H groups in total. The third-order valence-electron chi connectivity index (χ3n) is 6.73. The van der Waals surface area contributed by atoms with E-state index in [0.29, 0.717) is 36.9 Å². The lowest BCUT2D eigenvalue weighted by molar-refractivity contribution is -0.135. The summed E-state index contributed by atoms with van der Waals surface area (Å²) in [5, 5.41) is 5.57. The van der Waals surface area contributed by atoms with E-state index < -0.39 is 17.5 Å². The maximum absolute atomic E-state index is 13.1. The van der Waals surface area contributed by atoms with Gasteiger partial charge in [0.15, 0.2) is 0 Å². The highest BCUT2D eigenvalue weighted by atomic mass is 16.5. The van der Waals surface area contributed by atoms with Gasteiger partial charge in [0, 0.05) is 6.20 Å². The number of imide groups is 1. The molecule has 0 unspecified atom stereocenters. The van der Waals surface area contributed by atoms with Crippen molar-refractivity contribution >= 4 is 23.5 Å². The normalized spacial score (nSPS) is 24.1. The van der Waals surface area contributed by atoms with Crippen LogP contribution in [0.3, 0.4) is 0 Å². The van der Waals surface area contributed by atoms with Gasteiger partial charge in [-0.2, -0.15) is 0 Å². The lowest BCUT2D eigenvalue weighted by Gasteiger charge is -2.42. The average molecular weight is 417 g/mol. The lowest BCUT2D eigenvalue weighted by Crippen LogP contribution is -2.51. The molecule has 0 atom stereocenters. The summed E-state index contributed by atoms with van der Waals surface area (Å²) in [5.74, 6) is 0.0635. The number of carbonyl (C=O) groups excluding carboxylic acids is 3. The zero-order valence-electron chi connectivity index (χ0n) is 18.3. The van der Waals surface area contributed by atoms with E-state index >= 15 is 0 Å². The molecule has 0 aromatic carbocycles. The Morgan fingerprint density at radius 1 is 1.33 bits per heavy atom. The lowest BCUT2D eigenvalue weighted by atomic mass is 9.65. The summed E-state index contributed by atoms with van der Waals surface area (Å²) in [6.45, 7) is 8.60. The first-order valence-electron chi connectivity index (χ1n) is 10.7. The van der Waals surface area contributed by atoms with Gasteiger partial charge in [0.25, 0.3) is 5.91 Å². The second-order valence-corrected chi connectivity index (χ2v) is 8.86. The van der Waals surface area contributed by atoms with Crippen molar-refractivity contribution in [1.29, 1.82) is 0 Å². The predicted octanol–water partition coefficient (Wildman–Crippen LogP) is 3.34. The standard InChI is InChI=1S/C22H32N4O4/c1-5-21(3,4)15-9-11-22(12-10-15)19(28)26(20(29)25-22)14-17(27)24-16-8-7-13-23-18(16)30-6-2/h7-8,13,15H,5-6,9-12,14H2,1-4H3,(H,24,27)(H,25,29). The van der Waals surface area contributed by atoms with Gasteiger partial charge in [-0.3, -0.25) is 14.5 Å². The average Bonchev–Trinajstić information content (AvgIpc) is 2.94. The Bertz CT molecular complexity index is 815. The van der Waals surface area contributed by atoms with Crippen LogP contribution < -0.4 is 15.4 Å². The first-order chi connectivity index (χ1) is 14.2. The highest BCUT2D eigenvalue weighted by molar-refractivity contribution is 6.10. The van der Waals surface area contributed by atoms with Crippen LogP contribution >= 0.6 is 0 Å². The van der Waals surface area contributed by atoms with Crippen molar-refractivity contribution in [3.8, 4) is 5.88 Å². The van der Waals surface area contributed by atoms with Crippen molar-refractivity contribution in [3.63, 3.8) is 0 Å². The molecule has 1 aliphatic carbocycles. The smallest absolute Gasteiger partial charge is 0.325 e. The molecule has 1 saturated heterocycles. The summed E-state index contributed by atoms with van der Waals surface area (Å²) in [7, 11) is 0. The predicted molar refractivity (Wildman–Crippen MR) is 113 cm³/mol. The van der Waals surface area contributed by atoms with Gasteiger partial charge in [-0.1, -0.05) is 27.2 Å². The van der Waals surface area contributed by atoms with Gasteiger partial charge in [-0.05, 0) is 56.1 Å². The number of aromatic nitrogens is 1. The molecule has 164 valence electrons. The van der Waals surface area contributed by atoms with E-state index in [2.05, 4.69) is 36.4 Å². The van der Waals surface area contributed by atoms with Gasteiger partial charge in [0.05, 0.1) is 6.61 Å². The largest absolute Gasteiger partial charge is 0.476 e. The number of pyridine rings is 1. The molecule has 0 radical (unpaired) electrons. The van der Waals surface area contributed by atoms with E-state index in [0.717, 1.165) is 24.2 Å². The van der Waals surface area contributed by atoms with Gasteiger partial charge in [0.1, 0.15) is 17.8 Å². The number of amides is 4. The number of anilines is 1. The number of nitrogens with one attached hydrogen (secondary N) is 2. The Labute approximate surface area is 177 Å². The molecule has 1 saturated carbocycles. The Kier molecular flexibility index (Phi) is 6.33. The summed E-state index contributed by atoms with van der Waals surface area (Å²) < 4.78 is 5.40. The monoisotopic (exact) mass is 416 g/mol. The molecule has 1 aromatic rings. The number of rotatable bonds is 7. The summed E-state index contributed by atoms with van der Waals surface area (Å²) in [4.78, 5) is 43.3.